The van der Waals surface area contributed by atoms with Gasteiger partial charge in [-0.3, -0.25) is 4.79 Å². The number of carboxylic acids is 1. The normalized spacial score (nSPS) is 9.93. The predicted octanol–water partition coefficient (Wildman–Crippen LogP) is 0.0826. The van der Waals surface area contributed by atoms with Gasteiger partial charge in [0, 0.05) is 38.1 Å². The van der Waals surface area contributed by atoms with Gasteiger partial charge in [0.15, 0.2) is 0 Å². The third-order valence-corrected chi connectivity index (χ3v) is 1.77. The zero-order valence-corrected chi connectivity index (χ0v) is 8.53. The first-order chi connectivity index (χ1) is 7.22. The van der Waals surface area contributed by atoms with Crippen molar-refractivity contribution in [3.8, 4) is 0 Å². The average molecular weight is 210 g/mol. The van der Waals surface area contributed by atoms with Crippen LogP contribution in [0.15, 0.2) is 12.4 Å². The molecule has 0 aliphatic rings. The lowest BCUT2D eigenvalue weighted by molar-refractivity contribution is -0.136. The van der Waals surface area contributed by atoms with Crippen LogP contribution in [0.3, 0.4) is 0 Å². The van der Waals surface area contributed by atoms with Gasteiger partial charge in [0.05, 0.1) is 6.42 Å². The third-order valence-electron chi connectivity index (χ3n) is 1.77. The molecule has 0 saturated heterocycles. The zero-order valence-electron chi connectivity index (χ0n) is 8.53. The maximum Gasteiger partial charge on any atom is 0.304 e. The Balaban J connectivity index is 2.28. The summed E-state index contributed by atoms with van der Waals surface area (Å²) in [4.78, 5) is 18.3. The first kappa shape index (κ1) is 11.4. The molecule has 0 atom stereocenters. The molecule has 6 nitrogen and oxygen atoms in total. The molecule has 0 fully saturated rings. The number of hydrogen-bond donors (Lipinski definition) is 3. The topological polar surface area (TPSA) is 87.1 Å². The maximum absolute atomic E-state index is 10.2. The SMILES string of the molecule is CNc1ncc(CNCCC(=O)O)cn1. The summed E-state index contributed by atoms with van der Waals surface area (Å²) in [5, 5.41) is 14.2. The summed E-state index contributed by atoms with van der Waals surface area (Å²) in [7, 11) is 1.75. The highest BCUT2D eigenvalue weighted by Crippen LogP contribution is 1.98. The van der Waals surface area contributed by atoms with Gasteiger partial charge >= 0.3 is 5.97 Å². The number of nitrogens with zero attached hydrogens (tertiary/aromatic N) is 2. The maximum atomic E-state index is 10.2. The van der Waals surface area contributed by atoms with Gasteiger partial charge in [0.2, 0.25) is 5.95 Å². The van der Waals surface area contributed by atoms with Crippen LogP contribution in [0, 0.1) is 0 Å². The highest BCUT2D eigenvalue weighted by molar-refractivity contribution is 5.66. The molecule has 1 aromatic rings. The summed E-state index contributed by atoms with van der Waals surface area (Å²) in [5.74, 6) is -0.228. The van der Waals surface area contributed by atoms with Crippen LogP contribution in [-0.2, 0) is 11.3 Å². The molecule has 0 saturated carbocycles. The lowest BCUT2D eigenvalue weighted by Crippen LogP contribution is -2.17. The van der Waals surface area contributed by atoms with Crippen LogP contribution in [0.2, 0.25) is 0 Å². The summed E-state index contributed by atoms with van der Waals surface area (Å²) in [6.45, 7) is 1.03. The number of rotatable bonds is 6. The van der Waals surface area contributed by atoms with Gasteiger partial charge in [-0.2, -0.15) is 0 Å². The highest BCUT2D eigenvalue weighted by atomic mass is 16.4. The number of aliphatic carboxylic acids is 1. The Bertz CT molecular complexity index is 312. The molecule has 82 valence electrons. The van der Waals surface area contributed by atoms with Gasteiger partial charge in [-0.15, -0.1) is 0 Å². The van der Waals surface area contributed by atoms with Crippen molar-refractivity contribution in [2.24, 2.45) is 0 Å². The second kappa shape index (κ2) is 5.92. The van der Waals surface area contributed by atoms with Crippen LogP contribution < -0.4 is 10.6 Å². The first-order valence-electron chi connectivity index (χ1n) is 4.63. The van der Waals surface area contributed by atoms with E-state index in [-0.39, 0.29) is 6.42 Å². The van der Waals surface area contributed by atoms with Gasteiger partial charge in [0.25, 0.3) is 0 Å². The monoisotopic (exact) mass is 210 g/mol. The van der Waals surface area contributed by atoms with Crippen LogP contribution in [0.25, 0.3) is 0 Å². The summed E-state index contributed by atoms with van der Waals surface area (Å²) in [5.41, 5.74) is 0.930. The number of aromatic nitrogens is 2. The molecule has 0 aliphatic heterocycles. The second-order valence-corrected chi connectivity index (χ2v) is 2.99. The van der Waals surface area contributed by atoms with Gasteiger partial charge in [-0.1, -0.05) is 0 Å². The molecule has 0 bridgehead atoms. The van der Waals surface area contributed by atoms with E-state index in [4.69, 9.17) is 5.11 Å². The van der Waals surface area contributed by atoms with Crippen LogP contribution in [0.5, 0.6) is 0 Å². The van der Waals surface area contributed by atoms with Crippen molar-refractivity contribution in [3.05, 3.63) is 18.0 Å². The fraction of sp³-hybridized carbons (Fsp3) is 0.444. The fourth-order valence-electron chi connectivity index (χ4n) is 1.00. The molecule has 1 rings (SSSR count). The van der Waals surface area contributed by atoms with Crippen molar-refractivity contribution in [1.82, 2.24) is 15.3 Å². The lowest BCUT2D eigenvalue weighted by Gasteiger charge is -2.03. The van der Waals surface area contributed by atoms with E-state index >= 15 is 0 Å². The molecule has 0 unspecified atom stereocenters. The van der Waals surface area contributed by atoms with E-state index in [1.54, 1.807) is 19.4 Å². The second-order valence-electron chi connectivity index (χ2n) is 2.99. The molecule has 0 spiro atoms. The number of anilines is 1. The Hall–Kier alpha value is -1.69. The molecule has 3 N–H and O–H groups in total. The Labute approximate surface area is 87.8 Å². The van der Waals surface area contributed by atoms with Crippen molar-refractivity contribution in [3.63, 3.8) is 0 Å². The predicted molar refractivity (Wildman–Crippen MR) is 55.5 cm³/mol. The quantitative estimate of drug-likeness (QED) is 0.576. The van der Waals surface area contributed by atoms with Gasteiger partial charge < -0.3 is 15.7 Å². The highest BCUT2D eigenvalue weighted by Gasteiger charge is 1.97. The van der Waals surface area contributed by atoms with Crippen molar-refractivity contribution >= 4 is 11.9 Å². The molecular weight excluding hydrogens is 196 g/mol. The van der Waals surface area contributed by atoms with E-state index in [1.807, 2.05) is 0 Å². The van der Waals surface area contributed by atoms with E-state index in [0.29, 0.717) is 19.0 Å². The van der Waals surface area contributed by atoms with Gasteiger partial charge in [-0.05, 0) is 0 Å². The van der Waals surface area contributed by atoms with Crippen molar-refractivity contribution in [2.45, 2.75) is 13.0 Å². The van der Waals surface area contributed by atoms with Crippen LogP contribution in [-0.4, -0.2) is 34.6 Å². The van der Waals surface area contributed by atoms with Crippen molar-refractivity contribution in [1.29, 1.82) is 0 Å². The molecule has 15 heavy (non-hydrogen) atoms. The number of carboxylic acid groups (broad SMARTS) is 1. The lowest BCUT2D eigenvalue weighted by atomic mass is 10.3. The van der Waals surface area contributed by atoms with Gasteiger partial charge in [-0.25, -0.2) is 9.97 Å². The Kier molecular flexibility index (Phi) is 4.49. The molecule has 6 heteroatoms. The Morgan fingerprint density at radius 3 is 2.67 bits per heavy atom. The molecule has 1 aromatic heterocycles. The Morgan fingerprint density at radius 2 is 2.13 bits per heavy atom. The summed E-state index contributed by atoms with van der Waals surface area (Å²) < 4.78 is 0. The van der Waals surface area contributed by atoms with E-state index < -0.39 is 5.97 Å². The Morgan fingerprint density at radius 1 is 1.47 bits per heavy atom. The largest absolute Gasteiger partial charge is 0.481 e. The average Bonchev–Trinajstić information content (AvgIpc) is 2.25. The van der Waals surface area contributed by atoms with Crippen molar-refractivity contribution in [2.75, 3.05) is 18.9 Å². The van der Waals surface area contributed by atoms with Crippen LogP contribution in [0.4, 0.5) is 5.95 Å². The van der Waals surface area contributed by atoms with Crippen molar-refractivity contribution < 1.29 is 9.90 Å². The number of nitrogens with one attached hydrogen (secondary N) is 2. The molecular formula is C9H14N4O2. The smallest absolute Gasteiger partial charge is 0.304 e. The molecule has 1 heterocycles. The first-order valence-corrected chi connectivity index (χ1v) is 4.63. The van der Waals surface area contributed by atoms with E-state index in [2.05, 4.69) is 20.6 Å². The number of hydrogen-bond acceptors (Lipinski definition) is 5. The van der Waals surface area contributed by atoms with Crippen LogP contribution >= 0.6 is 0 Å². The minimum Gasteiger partial charge on any atom is -0.481 e. The summed E-state index contributed by atoms with van der Waals surface area (Å²) in [6.07, 6.45) is 3.52. The minimum atomic E-state index is -0.802. The summed E-state index contributed by atoms with van der Waals surface area (Å²) >= 11 is 0. The molecule has 0 amide bonds. The van der Waals surface area contributed by atoms with Gasteiger partial charge in [0.1, 0.15) is 0 Å². The van der Waals surface area contributed by atoms with E-state index in [0.717, 1.165) is 5.56 Å². The molecule has 0 radical (unpaired) electrons. The van der Waals surface area contributed by atoms with E-state index in [1.165, 1.54) is 0 Å². The minimum absolute atomic E-state index is 0.120. The van der Waals surface area contributed by atoms with E-state index in [9.17, 15) is 4.79 Å². The third kappa shape index (κ3) is 4.37. The van der Waals surface area contributed by atoms with Crippen LogP contribution in [0.1, 0.15) is 12.0 Å². The number of carbonyl (C=O) groups is 1. The summed E-state index contributed by atoms with van der Waals surface area (Å²) in [6, 6.07) is 0. The molecule has 0 aliphatic carbocycles. The fourth-order valence-corrected chi connectivity index (χ4v) is 1.00. The molecule has 0 aromatic carbocycles. The zero-order chi connectivity index (χ0) is 11.1. The standard InChI is InChI=1S/C9H14N4O2/c1-10-9-12-5-7(6-13-9)4-11-3-2-8(14)15/h5-6,11H,2-4H2,1H3,(H,14,15)(H,10,12,13).